The highest BCUT2D eigenvalue weighted by Gasteiger charge is 2.06. The Hall–Kier alpha value is -1.59. The Balaban J connectivity index is 1.97. The lowest BCUT2D eigenvalue weighted by Crippen LogP contribution is -1.84. The van der Waals surface area contributed by atoms with Crippen LogP contribution in [-0.2, 0) is 0 Å². The lowest BCUT2D eigenvalue weighted by Gasteiger charge is -2.02. The lowest BCUT2D eigenvalue weighted by molar-refractivity contribution is 0.462. The number of hydrogen-bond acceptors (Lipinski definition) is 5. The SMILES string of the molecule is Oc1ccccc1Sc1ncc2ccsc2n1. The minimum Gasteiger partial charge on any atom is -0.507 e. The van der Waals surface area contributed by atoms with E-state index < -0.39 is 0 Å². The number of hydrogen-bond donors (Lipinski definition) is 1. The van der Waals surface area contributed by atoms with Crippen molar-refractivity contribution in [3.05, 3.63) is 41.9 Å². The van der Waals surface area contributed by atoms with Gasteiger partial charge in [-0.05, 0) is 35.3 Å². The monoisotopic (exact) mass is 260 g/mol. The predicted molar refractivity (Wildman–Crippen MR) is 69.6 cm³/mol. The third-order valence-corrected chi connectivity index (χ3v) is 4.02. The van der Waals surface area contributed by atoms with Crippen LogP contribution in [-0.4, -0.2) is 15.1 Å². The van der Waals surface area contributed by atoms with Crippen molar-refractivity contribution in [1.82, 2.24) is 9.97 Å². The number of nitrogens with zero attached hydrogens (tertiary/aromatic N) is 2. The van der Waals surface area contributed by atoms with Crippen molar-refractivity contribution in [2.24, 2.45) is 0 Å². The van der Waals surface area contributed by atoms with Gasteiger partial charge in [0.15, 0.2) is 5.16 Å². The molecule has 1 N–H and O–H groups in total. The zero-order valence-electron chi connectivity index (χ0n) is 8.70. The van der Waals surface area contributed by atoms with Crippen molar-refractivity contribution in [2.75, 3.05) is 0 Å². The Morgan fingerprint density at radius 3 is 2.94 bits per heavy atom. The summed E-state index contributed by atoms with van der Waals surface area (Å²) in [6.07, 6.45) is 1.81. The second kappa shape index (κ2) is 4.35. The first-order valence-electron chi connectivity index (χ1n) is 4.99. The second-order valence-corrected chi connectivity index (χ2v) is 5.31. The largest absolute Gasteiger partial charge is 0.507 e. The summed E-state index contributed by atoms with van der Waals surface area (Å²) < 4.78 is 0. The first-order valence-corrected chi connectivity index (χ1v) is 6.68. The van der Waals surface area contributed by atoms with Crippen LogP contribution in [0.2, 0.25) is 0 Å². The summed E-state index contributed by atoms with van der Waals surface area (Å²) in [7, 11) is 0. The number of thiophene rings is 1. The summed E-state index contributed by atoms with van der Waals surface area (Å²) in [6.45, 7) is 0. The van der Waals surface area contributed by atoms with Gasteiger partial charge in [0.1, 0.15) is 10.6 Å². The smallest absolute Gasteiger partial charge is 0.193 e. The Kier molecular flexibility index (Phi) is 2.70. The number of benzene rings is 1. The van der Waals surface area contributed by atoms with Gasteiger partial charge < -0.3 is 5.11 Å². The van der Waals surface area contributed by atoms with Crippen molar-refractivity contribution in [3.8, 4) is 5.75 Å². The predicted octanol–water partition coefficient (Wildman–Crippen LogP) is 3.55. The average molecular weight is 260 g/mol. The molecule has 3 nitrogen and oxygen atoms in total. The summed E-state index contributed by atoms with van der Waals surface area (Å²) in [5, 5.41) is 13.4. The minimum atomic E-state index is 0.257. The molecule has 0 aliphatic heterocycles. The zero-order chi connectivity index (χ0) is 11.7. The fourth-order valence-corrected chi connectivity index (χ4v) is 2.99. The molecule has 2 aromatic heterocycles. The van der Waals surface area contributed by atoms with E-state index in [1.807, 2.05) is 23.6 Å². The normalized spacial score (nSPS) is 10.8. The Labute approximate surface area is 106 Å². The highest BCUT2D eigenvalue weighted by molar-refractivity contribution is 7.99. The van der Waals surface area contributed by atoms with Crippen LogP contribution >= 0.6 is 23.1 Å². The Morgan fingerprint density at radius 2 is 2.06 bits per heavy atom. The van der Waals surface area contributed by atoms with E-state index in [4.69, 9.17) is 0 Å². The molecule has 1 aromatic carbocycles. The van der Waals surface area contributed by atoms with Crippen LogP contribution in [0.3, 0.4) is 0 Å². The summed E-state index contributed by atoms with van der Waals surface area (Å²) >= 11 is 2.96. The molecule has 0 bridgehead atoms. The van der Waals surface area contributed by atoms with Crippen molar-refractivity contribution in [3.63, 3.8) is 0 Å². The van der Waals surface area contributed by atoms with Crippen LogP contribution in [0.1, 0.15) is 0 Å². The van der Waals surface area contributed by atoms with Crippen LogP contribution in [0.5, 0.6) is 5.75 Å². The van der Waals surface area contributed by atoms with Gasteiger partial charge in [-0.1, -0.05) is 12.1 Å². The maximum atomic E-state index is 9.67. The molecule has 3 aromatic rings. The van der Waals surface area contributed by atoms with Crippen LogP contribution in [0, 0.1) is 0 Å². The fourth-order valence-electron chi connectivity index (χ4n) is 1.43. The Bertz CT molecular complexity index is 666. The third-order valence-electron chi connectivity index (χ3n) is 2.25. The molecular formula is C12H8N2OS2. The van der Waals surface area contributed by atoms with Gasteiger partial charge in [0.05, 0.1) is 4.90 Å². The lowest BCUT2D eigenvalue weighted by atomic mass is 10.3. The van der Waals surface area contributed by atoms with E-state index in [2.05, 4.69) is 9.97 Å². The molecule has 5 heteroatoms. The van der Waals surface area contributed by atoms with Gasteiger partial charge in [0, 0.05) is 11.6 Å². The van der Waals surface area contributed by atoms with Crippen LogP contribution in [0.15, 0.2) is 52.0 Å². The number of phenols is 1. The number of para-hydroxylation sites is 1. The van der Waals surface area contributed by atoms with Gasteiger partial charge in [-0.2, -0.15) is 0 Å². The molecule has 84 valence electrons. The average Bonchev–Trinajstić information content (AvgIpc) is 2.79. The van der Waals surface area contributed by atoms with E-state index in [0.29, 0.717) is 5.16 Å². The van der Waals surface area contributed by atoms with Crippen molar-refractivity contribution < 1.29 is 5.11 Å². The maximum absolute atomic E-state index is 9.67. The standard InChI is InChI=1S/C12H8N2OS2/c15-9-3-1-2-4-10(9)17-12-13-7-8-5-6-16-11(8)14-12/h1-7,15H. The van der Waals surface area contributed by atoms with Crippen LogP contribution in [0.4, 0.5) is 0 Å². The van der Waals surface area contributed by atoms with Gasteiger partial charge in [-0.3, -0.25) is 0 Å². The summed E-state index contributed by atoms with van der Waals surface area (Å²) in [5.74, 6) is 0.257. The van der Waals surface area contributed by atoms with E-state index in [0.717, 1.165) is 15.1 Å². The van der Waals surface area contributed by atoms with Gasteiger partial charge in [-0.25, -0.2) is 9.97 Å². The van der Waals surface area contributed by atoms with Crippen LogP contribution in [0.25, 0.3) is 10.2 Å². The highest BCUT2D eigenvalue weighted by atomic mass is 32.2. The summed E-state index contributed by atoms with van der Waals surface area (Å²) in [5.41, 5.74) is 0. The number of phenolic OH excluding ortho intramolecular Hbond substituents is 1. The molecule has 0 amide bonds. The topological polar surface area (TPSA) is 46.0 Å². The molecule has 0 saturated heterocycles. The van der Waals surface area contributed by atoms with E-state index in [1.54, 1.807) is 29.7 Å². The van der Waals surface area contributed by atoms with Gasteiger partial charge >= 0.3 is 0 Å². The second-order valence-electron chi connectivity index (χ2n) is 3.40. The van der Waals surface area contributed by atoms with Crippen molar-refractivity contribution >= 4 is 33.3 Å². The quantitative estimate of drug-likeness (QED) is 0.716. The van der Waals surface area contributed by atoms with E-state index in [1.165, 1.54) is 11.8 Å². The molecule has 2 heterocycles. The molecule has 0 atom stereocenters. The molecule has 3 rings (SSSR count). The van der Waals surface area contributed by atoms with Crippen molar-refractivity contribution in [1.29, 1.82) is 0 Å². The number of rotatable bonds is 2. The number of fused-ring (bicyclic) bond motifs is 1. The fraction of sp³-hybridized carbons (Fsp3) is 0. The van der Waals surface area contributed by atoms with Gasteiger partial charge in [0.25, 0.3) is 0 Å². The Morgan fingerprint density at radius 1 is 1.18 bits per heavy atom. The van der Waals surface area contributed by atoms with Gasteiger partial charge in [-0.15, -0.1) is 11.3 Å². The minimum absolute atomic E-state index is 0.257. The van der Waals surface area contributed by atoms with Gasteiger partial charge in [0.2, 0.25) is 0 Å². The molecule has 0 saturated carbocycles. The van der Waals surface area contributed by atoms with E-state index in [-0.39, 0.29) is 5.75 Å². The highest BCUT2D eigenvalue weighted by Crippen LogP contribution is 2.32. The zero-order valence-corrected chi connectivity index (χ0v) is 10.3. The third kappa shape index (κ3) is 2.11. The summed E-state index contributed by atoms with van der Waals surface area (Å²) in [4.78, 5) is 10.4. The van der Waals surface area contributed by atoms with Crippen molar-refractivity contribution in [2.45, 2.75) is 10.1 Å². The van der Waals surface area contributed by atoms with Crippen LogP contribution < -0.4 is 0 Å². The molecule has 0 spiro atoms. The molecule has 0 unspecified atom stereocenters. The number of aromatic nitrogens is 2. The molecule has 17 heavy (non-hydrogen) atoms. The van der Waals surface area contributed by atoms with E-state index >= 15 is 0 Å². The first-order chi connectivity index (χ1) is 8.33. The molecule has 0 fully saturated rings. The maximum Gasteiger partial charge on any atom is 0.193 e. The summed E-state index contributed by atoms with van der Waals surface area (Å²) in [6, 6.07) is 9.18. The van der Waals surface area contributed by atoms with E-state index in [9.17, 15) is 5.11 Å². The molecule has 0 aliphatic rings. The molecule has 0 aliphatic carbocycles. The number of aromatic hydroxyl groups is 1. The molecule has 0 radical (unpaired) electrons. The molecular weight excluding hydrogens is 252 g/mol. The first kappa shape index (κ1) is 10.6.